The Balaban J connectivity index is 1.82. The molecule has 0 radical (unpaired) electrons. The fourth-order valence-electron chi connectivity index (χ4n) is 3.01. The van der Waals surface area contributed by atoms with Gasteiger partial charge in [0, 0.05) is 20.1 Å². The van der Waals surface area contributed by atoms with Gasteiger partial charge in [-0.2, -0.15) is 0 Å². The Bertz CT molecular complexity index is 829. The summed E-state index contributed by atoms with van der Waals surface area (Å²) in [6, 6.07) is 24.3. The van der Waals surface area contributed by atoms with Crippen LogP contribution >= 0.6 is 0 Å². The lowest BCUT2D eigenvalue weighted by Gasteiger charge is -2.23. The molecule has 3 heteroatoms. The lowest BCUT2D eigenvalue weighted by atomic mass is 9.95. The van der Waals surface area contributed by atoms with Crippen LogP contribution in [0.25, 0.3) is 10.8 Å². The highest BCUT2D eigenvalue weighted by atomic mass is 16.2. The highest BCUT2D eigenvalue weighted by Crippen LogP contribution is 2.23. The zero-order valence-electron chi connectivity index (χ0n) is 13.9. The molecule has 2 N–H and O–H groups in total. The van der Waals surface area contributed by atoms with Gasteiger partial charge in [-0.15, -0.1) is 0 Å². The van der Waals surface area contributed by atoms with E-state index in [9.17, 15) is 4.79 Å². The van der Waals surface area contributed by atoms with Crippen LogP contribution in [0.2, 0.25) is 0 Å². The number of carbonyl (C=O) groups excluding carboxylic acids is 1. The van der Waals surface area contributed by atoms with Gasteiger partial charge in [0.2, 0.25) is 5.91 Å². The zero-order chi connectivity index (χ0) is 16.9. The van der Waals surface area contributed by atoms with E-state index in [2.05, 4.69) is 24.3 Å². The predicted octanol–water partition coefficient (Wildman–Crippen LogP) is 3.54. The number of carbonyl (C=O) groups is 1. The summed E-state index contributed by atoms with van der Waals surface area (Å²) in [6.07, 6.45) is 0. The third-order valence-corrected chi connectivity index (χ3v) is 4.35. The maximum Gasteiger partial charge on any atom is 0.231 e. The average Bonchev–Trinajstić information content (AvgIpc) is 2.63. The third-order valence-electron chi connectivity index (χ3n) is 4.35. The number of likely N-dealkylation sites (N-methyl/N-ethyl adjacent to an activating group) is 1. The van der Waals surface area contributed by atoms with Gasteiger partial charge in [0.05, 0.1) is 5.92 Å². The van der Waals surface area contributed by atoms with Gasteiger partial charge < -0.3 is 10.6 Å². The van der Waals surface area contributed by atoms with Crippen molar-refractivity contribution in [3.05, 3.63) is 83.9 Å². The summed E-state index contributed by atoms with van der Waals surface area (Å²) in [6.45, 7) is 0.889. The molecule has 24 heavy (non-hydrogen) atoms. The molecule has 0 saturated heterocycles. The van der Waals surface area contributed by atoms with Gasteiger partial charge in [-0.25, -0.2) is 0 Å². The minimum absolute atomic E-state index is 0.0524. The number of rotatable bonds is 5. The van der Waals surface area contributed by atoms with E-state index in [1.807, 2.05) is 55.6 Å². The number of hydrogen-bond donors (Lipinski definition) is 1. The largest absolute Gasteiger partial charge is 0.341 e. The van der Waals surface area contributed by atoms with Crippen molar-refractivity contribution in [1.29, 1.82) is 0 Å². The highest BCUT2D eigenvalue weighted by Gasteiger charge is 2.22. The van der Waals surface area contributed by atoms with Crippen molar-refractivity contribution in [3.8, 4) is 0 Å². The monoisotopic (exact) mass is 318 g/mol. The van der Waals surface area contributed by atoms with Crippen LogP contribution in [-0.2, 0) is 11.3 Å². The standard InChI is InChI=1S/C21H22N2O/c1-23(15-16-7-3-2-4-8-16)21(24)20(14-22)19-12-11-17-9-5-6-10-18(17)13-19/h2-13,20H,14-15,22H2,1H3. The molecule has 0 heterocycles. The molecule has 0 aromatic heterocycles. The SMILES string of the molecule is CN(Cc1ccccc1)C(=O)C(CN)c1ccc2ccccc2c1. The van der Waals surface area contributed by atoms with Crippen molar-refractivity contribution in [2.45, 2.75) is 12.5 Å². The summed E-state index contributed by atoms with van der Waals surface area (Å²) >= 11 is 0. The minimum Gasteiger partial charge on any atom is -0.341 e. The van der Waals surface area contributed by atoms with Crippen LogP contribution in [-0.4, -0.2) is 24.4 Å². The molecule has 3 aromatic rings. The van der Waals surface area contributed by atoms with E-state index in [-0.39, 0.29) is 11.8 Å². The van der Waals surface area contributed by atoms with E-state index >= 15 is 0 Å². The topological polar surface area (TPSA) is 46.3 Å². The van der Waals surface area contributed by atoms with Crippen molar-refractivity contribution in [2.75, 3.05) is 13.6 Å². The fourth-order valence-corrected chi connectivity index (χ4v) is 3.01. The first-order chi connectivity index (χ1) is 11.7. The smallest absolute Gasteiger partial charge is 0.231 e. The van der Waals surface area contributed by atoms with E-state index < -0.39 is 0 Å². The molecular weight excluding hydrogens is 296 g/mol. The van der Waals surface area contributed by atoms with Gasteiger partial charge in [0.15, 0.2) is 0 Å². The summed E-state index contributed by atoms with van der Waals surface area (Å²) < 4.78 is 0. The van der Waals surface area contributed by atoms with Crippen molar-refractivity contribution >= 4 is 16.7 Å². The molecule has 1 atom stereocenters. The second kappa shape index (κ2) is 7.28. The second-order valence-electron chi connectivity index (χ2n) is 6.07. The predicted molar refractivity (Wildman–Crippen MR) is 98.7 cm³/mol. The molecule has 0 aliphatic rings. The van der Waals surface area contributed by atoms with Crippen LogP contribution < -0.4 is 5.73 Å². The molecule has 122 valence electrons. The summed E-state index contributed by atoms with van der Waals surface area (Å²) in [7, 11) is 1.83. The van der Waals surface area contributed by atoms with Crippen LogP contribution in [0.1, 0.15) is 17.0 Å². The van der Waals surface area contributed by atoms with E-state index in [0.717, 1.165) is 16.5 Å². The normalized spacial score (nSPS) is 12.1. The Kier molecular flexibility index (Phi) is 4.92. The molecular formula is C21H22N2O. The number of nitrogens with zero attached hydrogens (tertiary/aromatic N) is 1. The van der Waals surface area contributed by atoms with Crippen molar-refractivity contribution in [1.82, 2.24) is 4.90 Å². The van der Waals surface area contributed by atoms with Gasteiger partial charge in [-0.1, -0.05) is 72.8 Å². The molecule has 0 fully saturated rings. The Morgan fingerprint density at radius 1 is 0.958 bits per heavy atom. The van der Waals surface area contributed by atoms with Crippen LogP contribution in [0.4, 0.5) is 0 Å². The molecule has 0 spiro atoms. The zero-order valence-corrected chi connectivity index (χ0v) is 13.9. The summed E-state index contributed by atoms with van der Waals surface area (Å²) in [5, 5.41) is 2.30. The molecule has 3 nitrogen and oxygen atoms in total. The first-order valence-electron chi connectivity index (χ1n) is 8.16. The number of amides is 1. The molecule has 0 saturated carbocycles. The lowest BCUT2D eigenvalue weighted by molar-refractivity contribution is -0.131. The van der Waals surface area contributed by atoms with Gasteiger partial charge in [0.1, 0.15) is 0 Å². The quantitative estimate of drug-likeness (QED) is 0.782. The van der Waals surface area contributed by atoms with Crippen LogP contribution in [0, 0.1) is 0 Å². The van der Waals surface area contributed by atoms with Crippen LogP contribution in [0.5, 0.6) is 0 Å². The number of benzene rings is 3. The Labute approximate surface area is 142 Å². The van der Waals surface area contributed by atoms with Gasteiger partial charge in [-0.3, -0.25) is 4.79 Å². The van der Waals surface area contributed by atoms with E-state index in [1.54, 1.807) is 4.90 Å². The number of nitrogens with two attached hydrogens (primary N) is 1. The Morgan fingerprint density at radius 2 is 1.62 bits per heavy atom. The van der Waals surface area contributed by atoms with Crippen LogP contribution in [0.3, 0.4) is 0 Å². The lowest BCUT2D eigenvalue weighted by Crippen LogP contribution is -2.34. The molecule has 0 aliphatic heterocycles. The van der Waals surface area contributed by atoms with E-state index in [4.69, 9.17) is 5.73 Å². The molecule has 3 aromatic carbocycles. The van der Waals surface area contributed by atoms with E-state index in [1.165, 1.54) is 5.39 Å². The first-order valence-corrected chi connectivity index (χ1v) is 8.16. The maximum atomic E-state index is 12.9. The average molecular weight is 318 g/mol. The second-order valence-corrected chi connectivity index (χ2v) is 6.07. The molecule has 1 unspecified atom stereocenters. The van der Waals surface area contributed by atoms with Gasteiger partial charge in [-0.05, 0) is 21.9 Å². The molecule has 0 aliphatic carbocycles. The van der Waals surface area contributed by atoms with E-state index in [0.29, 0.717) is 13.1 Å². The fraction of sp³-hybridized carbons (Fsp3) is 0.190. The van der Waals surface area contributed by atoms with Crippen LogP contribution in [0.15, 0.2) is 72.8 Å². The molecule has 0 bridgehead atoms. The molecule has 1 amide bonds. The van der Waals surface area contributed by atoms with Crippen molar-refractivity contribution in [3.63, 3.8) is 0 Å². The third kappa shape index (κ3) is 3.47. The summed E-state index contributed by atoms with van der Waals surface area (Å²) in [5.74, 6) is -0.264. The Hall–Kier alpha value is -2.65. The first kappa shape index (κ1) is 16.2. The molecule has 3 rings (SSSR count). The van der Waals surface area contributed by atoms with Gasteiger partial charge in [0.25, 0.3) is 0 Å². The van der Waals surface area contributed by atoms with Gasteiger partial charge >= 0.3 is 0 Å². The minimum atomic E-state index is -0.316. The van der Waals surface area contributed by atoms with Crippen molar-refractivity contribution < 1.29 is 4.79 Å². The van der Waals surface area contributed by atoms with Crippen molar-refractivity contribution in [2.24, 2.45) is 5.73 Å². The number of hydrogen-bond acceptors (Lipinski definition) is 2. The number of fused-ring (bicyclic) bond motifs is 1. The maximum absolute atomic E-state index is 12.9. The summed E-state index contributed by atoms with van der Waals surface area (Å²) in [4.78, 5) is 14.6. The Morgan fingerprint density at radius 3 is 2.33 bits per heavy atom. The summed E-state index contributed by atoms with van der Waals surface area (Å²) in [5.41, 5.74) is 8.02. The highest BCUT2D eigenvalue weighted by molar-refractivity contribution is 5.88.